The first-order chi connectivity index (χ1) is 9.16. The summed E-state index contributed by atoms with van der Waals surface area (Å²) in [4.78, 5) is 2.45. The number of hydrogen-bond donors (Lipinski definition) is 1. The van der Waals surface area contributed by atoms with E-state index in [1.807, 2.05) is 13.1 Å². The molecule has 1 aliphatic heterocycles. The number of hydrogen-bond acceptors (Lipinski definition) is 2. The predicted octanol–water partition coefficient (Wildman–Crippen LogP) is 2.28. The number of nitrogens with one attached hydrogen (secondary N) is 1. The molecule has 4 heteroatoms. The fourth-order valence-corrected chi connectivity index (χ4v) is 2.99. The molecule has 1 N–H and O–H groups in total. The molecule has 102 valence electrons. The summed E-state index contributed by atoms with van der Waals surface area (Å²) in [6.07, 6.45) is 2.14. The molecule has 1 saturated heterocycles. The third kappa shape index (κ3) is 2.26. The van der Waals surface area contributed by atoms with Crippen molar-refractivity contribution in [3.05, 3.63) is 35.8 Å². The van der Waals surface area contributed by atoms with Crippen molar-refractivity contribution in [2.45, 2.75) is 13.0 Å². The summed E-state index contributed by atoms with van der Waals surface area (Å²) in [6.45, 7) is 6.37. The number of aromatic nitrogens is 1. The topological polar surface area (TPSA) is 20.2 Å². The van der Waals surface area contributed by atoms with Crippen molar-refractivity contribution in [2.24, 2.45) is 7.05 Å². The van der Waals surface area contributed by atoms with Gasteiger partial charge in [0.05, 0.1) is 0 Å². The fraction of sp³-hybridized carbons (Fsp3) is 0.467. The van der Waals surface area contributed by atoms with Gasteiger partial charge in [-0.25, -0.2) is 4.39 Å². The van der Waals surface area contributed by atoms with E-state index < -0.39 is 0 Å². The van der Waals surface area contributed by atoms with Gasteiger partial charge in [-0.1, -0.05) is 0 Å². The van der Waals surface area contributed by atoms with E-state index in [0.717, 1.165) is 37.1 Å². The Morgan fingerprint density at radius 3 is 2.74 bits per heavy atom. The lowest BCUT2D eigenvalue weighted by Crippen LogP contribution is -2.44. The number of halogens is 1. The van der Waals surface area contributed by atoms with E-state index in [2.05, 4.69) is 27.9 Å². The molecule has 19 heavy (non-hydrogen) atoms. The van der Waals surface area contributed by atoms with Gasteiger partial charge in [0.1, 0.15) is 5.82 Å². The van der Waals surface area contributed by atoms with Crippen molar-refractivity contribution in [1.82, 2.24) is 14.8 Å². The molecule has 2 heterocycles. The first-order valence-electron chi connectivity index (χ1n) is 6.86. The minimum absolute atomic E-state index is 0.160. The Morgan fingerprint density at radius 2 is 2.00 bits per heavy atom. The maximum Gasteiger partial charge on any atom is 0.123 e. The maximum absolute atomic E-state index is 13.5. The zero-order valence-corrected chi connectivity index (χ0v) is 11.5. The van der Waals surface area contributed by atoms with Crippen LogP contribution >= 0.6 is 0 Å². The maximum atomic E-state index is 13.5. The number of nitrogens with zero attached hydrogens (tertiary/aromatic N) is 2. The van der Waals surface area contributed by atoms with Crippen LogP contribution in [-0.4, -0.2) is 35.6 Å². The number of fused-ring (bicyclic) bond motifs is 1. The zero-order chi connectivity index (χ0) is 13.4. The molecule has 0 amide bonds. The van der Waals surface area contributed by atoms with Crippen molar-refractivity contribution in [3.8, 4) is 0 Å². The third-order valence-corrected chi connectivity index (χ3v) is 4.13. The Kier molecular flexibility index (Phi) is 3.29. The molecule has 3 rings (SSSR count). The van der Waals surface area contributed by atoms with E-state index in [0.29, 0.717) is 6.04 Å². The summed E-state index contributed by atoms with van der Waals surface area (Å²) in [7, 11) is 2.02. The fourth-order valence-electron chi connectivity index (χ4n) is 2.99. The van der Waals surface area contributed by atoms with Gasteiger partial charge in [-0.15, -0.1) is 0 Å². The van der Waals surface area contributed by atoms with E-state index >= 15 is 0 Å². The molecule has 1 fully saturated rings. The second-order valence-corrected chi connectivity index (χ2v) is 5.32. The Balaban J connectivity index is 2.01. The first-order valence-corrected chi connectivity index (χ1v) is 6.86. The van der Waals surface area contributed by atoms with Crippen LogP contribution in [0, 0.1) is 5.82 Å². The molecule has 1 aromatic carbocycles. The highest BCUT2D eigenvalue weighted by Crippen LogP contribution is 2.30. The minimum Gasteiger partial charge on any atom is -0.350 e. The van der Waals surface area contributed by atoms with Crippen LogP contribution in [0.15, 0.2) is 24.4 Å². The standard InChI is InChI=1S/C15H20FN3/c1-11(19-7-5-17-6-8-19)14-10-18(2)15-4-3-12(16)9-13(14)15/h3-4,9-11,17H,5-8H2,1-2H3. The van der Waals surface area contributed by atoms with E-state index in [-0.39, 0.29) is 5.82 Å². The summed E-state index contributed by atoms with van der Waals surface area (Å²) < 4.78 is 15.6. The molecule has 2 aromatic rings. The van der Waals surface area contributed by atoms with Gasteiger partial charge in [0, 0.05) is 56.4 Å². The molecule has 1 aromatic heterocycles. The van der Waals surface area contributed by atoms with Crippen LogP contribution < -0.4 is 5.32 Å². The molecular weight excluding hydrogens is 241 g/mol. The molecule has 1 aliphatic rings. The van der Waals surface area contributed by atoms with E-state index in [4.69, 9.17) is 0 Å². The Morgan fingerprint density at radius 1 is 1.26 bits per heavy atom. The van der Waals surface area contributed by atoms with Crippen molar-refractivity contribution >= 4 is 10.9 Å². The summed E-state index contributed by atoms with van der Waals surface area (Å²) in [6, 6.07) is 5.37. The van der Waals surface area contributed by atoms with Crippen LogP contribution in [0.5, 0.6) is 0 Å². The van der Waals surface area contributed by atoms with Gasteiger partial charge in [0.25, 0.3) is 0 Å². The first kappa shape index (κ1) is 12.6. The van der Waals surface area contributed by atoms with Crippen LogP contribution in [0.1, 0.15) is 18.5 Å². The monoisotopic (exact) mass is 261 g/mol. The van der Waals surface area contributed by atoms with Crippen LogP contribution in [0.3, 0.4) is 0 Å². The van der Waals surface area contributed by atoms with Gasteiger partial charge >= 0.3 is 0 Å². The highest BCUT2D eigenvalue weighted by molar-refractivity contribution is 5.84. The van der Waals surface area contributed by atoms with Crippen LogP contribution in [0.25, 0.3) is 10.9 Å². The molecular formula is C15H20FN3. The highest BCUT2D eigenvalue weighted by atomic mass is 19.1. The average molecular weight is 261 g/mol. The lowest BCUT2D eigenvalue weighted by atomic mass is 10.1. The third-order valence-electron chi connectivity index (χ3n) is 4.13. The smallest absolute Gasteiger partial charge is 0.123 e. The summed E-state index contributed by atoms with van der Waals surface area (Å²) in [5.41, 5.74) is 2.32. The molecule has 0 spiro atoms. The summed E-state index contributed by atoms with van der Waals surface area (Å²) >= 11 is 0. The largest absolute Gasteiger partial charge is 0.350 e. The lowest BCUT2D eigenvalue weighted by molar-refractivity contribution is 0.186. The quantitative estimate of drug-likeness (QED) is 0.895. The molecule has 0 saturated carbocycles. The van der Waals surface area contributed by atoms with E-state index in [1.165, 1.54) is 11.6 Å². The predicted molar refractivity (Wildman–Crippen MR) is 75.7 cm³/mol. The average Bonchev–Trinajstić information content (AvgIpc) is 2.75. The molecule has 1 atom stereocenters. The van der Waals surface area contributed by atoms with Crippen LogP contribution in [-0.2, 0) is 7.05 Å². The molecule has 0 radical (unpaired) electrons. The van der Waals surface area contributed by atoms with Gasteiger partial charge in [-0.2, -0.15) is 0 Å². The zero-order valence-electron chi connectivity index (χ0n) is 11.5. The lowest BCUT2D eigenvalue weighted by Gasteiger charge is -2.32. The molecule has 0 bridgehead atoms. The normalized spacial score (nSPS) is 18.9. The highest BCUT2D eigenvalue weighted by Gasteiger charge is 2.21. The number of rotatable bonds is 2. The second kappa shape index (κ2) is 4.94. The Labute approximate surface area is 113 Å². The second-order valence-electron chi connectivity index (χ2n) is 5.32. The van der Waals surface area contributed by atoms with Crippen molar-refractivity contribution in [2.75, 3.05) is 26.2 Å². The Bertz CT molecular complexity index is 584. The SMILES string of the molecule is CC(c1cn(C)c2ccc(F)cc12)N1CCNCC1. The Hall–Kier alpha value is -1.39. The van der Waals surface area contributed by atoms with Gasteiger partial charge in [-0.3, -0.25) is 4.90 Å². The van der Waals surface area contributed by atoms with Gasteiger partial charge in [-0.05, 0) is 30.7 Å². The molecule has 1 unspecified atom stereocenters. The van der Waals surface area contributed by atoms with Crippen LogP contribution in [0.4, 0.5) is 4.39 Å². The van der Waals surface area contributed by atoms with Crippen LogP contribution in [0.2, 0.25) is 0 Å². The van der Waals surface area contributed by atoms with Crippen molar-refractivity contribution in [1.29, 1.82) is 0 Å². The number of benzene rings is 1. The number of aryl methyl sites for hydroxylation is 1. The minimum atomic E-state index is -0.160. The summed E-state index contributed by atoms with van der Waals surface area (Å²) in [5, 5.41) is 4.40. The van der Waals surface area contributed by atoms with Gasteiger partial charge in [0.15, 0.2) is 0 Å². The van der Waals surface area contributed by atoms with Crippen molar-refractivity contribution < 1.29 is 4.39 Å². The van der Waals surface area contributed by atoms with E-state index in [9.17, 15) is 4.39 Å². The number of piperazine rings is 1. The molecule has 0 aliphatic carbocycles. The molecule has 3 nitrogen and oxygen atoms in total. The summed E-state index contributed by atoms with van der Waals surface area (Å²) in [5.74, 6) is -0.160. The van der Waals surface area contributed by atoms with Gasteiger partial charge < -0.3 is 9.88 Å². The van der Waals surface area contributed by atoms with Crippen molar-refractivity contribution in [3.63, 3.8) is 0 Å². The van der Waals surface area contributed by atoms with E-state index in [1.54, 1.807) is 6.07 Å². The van der Waals surface area contributed by atoms with Gasteiger partial charge in [0.2, 0.25) is 0 Å².